The van der Waals surface area contributed by atoms with Crippen LogP contribution in [0.1, 0.15) is 24.8 Å². The smallest absolute Gasteiger partial charge is 0.264 e. The average Bonchev–Trinajstić information content (AvgIpc) is 2.93. The molecule has 1 amide bonds. The maximum Gasteiger partial charge on any atom is 0.264 e. The fraction of sp³-hybridized carbons (Fsp3) is 0.296. The van der Waals surface area contributed by atoms with E-state index in [0.717, 1.165) is 53.4 Å². The van der Waals surface area contributed by atoms with Crippen molar-refractivity contribution in [2.75, 3.05) is 36.4 Å². The number of nitrogens with one attached hydrogen (secondary N) is 1. The van der Waals surface area contributed by atoms with Crippen LogP contribution in [0.4, 0.5) is 15.8 Å². The zero-order valence-electron chi connectivity index (χ0n) is 21.6. The molecule has 9 nitrogen and oxygen atoms in total. The van der Waals surface area contributed by atoms with Gasteiger partial charge in [-0.25, -0.2) is 21.2 Å². The highest BCUT2D eigenvalue weighted by Crippen LogP contribution is 2.31. The van der Waals surface area contributed by atoms with Crippen LogP contribution >= 0.6 is 0 Å². The second-order valence-corrected chi connectivity index (χ2v) is 12.9. The molecule has 1 saturated heterocycles. The molecule has 3 aromatic rings. The number of aryl methyl sites for hydroxylation is 1. The van der Waals surface area contributed by atoms with E-state index in [1.54, 1.807) is 24.3 Å². The number of methoxy groups -OCH3 is 1. The molecule has 1 heterocycles. The van der Waals surface area contributed by atoms with Gasteiger partial charge in [0.25, 0.3) is 10.0 Å². The molecule has 1 fully saturated rings. The Balaban J connectivity index is 1.63. The first kappa shape index (κ1) is 28.5. The second-order valence-electron chi connectivity index (χ2n) is 9.18. The van der Waals surface area contributed by atoms with E-state index < -0.39 is 38.3 Å². The highest BCUT2D eigenvalue weighted by Gasteiger charge is 2.30. The number of piperidine rings is 1. The fourth-order valence-corrected chi connectivity index (χ4v) is 7.41. The van der Waals surface area contributed by atoms with E-state index in [2.05, 4.69) is 5.32 Å². The minimum Gasteiger partial charge on any atom is -0.495 e. The van der Waals surface area contributed by atoms with Crippen molar-refractivity contribution in [1.29, 1.82) is 0 Å². The van der Waals surface area contributed by atoms with Crippen LogP contribution in [-0.2, 0) is 24.8 Å². The van der Waals surface area contributed by atoms with Gasteiger partial charge in [0.2, 0.25) is 15.9 Å². The summed E-state index contributed by atoms with van der Waals surface area (Å²) in [5, 5.41) is 2.61. The Labute approximate surface area is 228 Å². The van der Waals surface area contributed by atoms with Crippen molar-refractivity contribution in [2.24, 2.45) is 0 Å². The molecule has 3 aromatic carbocycles. The summed E-state index contributed by atoms with van der Waals surface area (Å²) in [5.41, 5.74) is 1.30. The molecule has 1 aliphatic heterocycles. The molecule has 0 unspecified atom stereocenters. The van der Waals surface area contributed by atoms with E-state index in [-0.39, 0.29) is 26.9 Å². The lowest BCUT2D eigenvalue weighted by molar-refractivity contribution is -0.114. The Bertz CT molecular complexity index is 1540. The topological polar surface area (TPSA) is 113 Å². The van der Waals surface area contributed by atoms with Crippen LogP contribution < -0.4 is 14.4 Å². The molecule has 0 radical (unpaired) electrons. The number of sulfonamides is 2. The van der Waals surface area contributed by atoms with Gasteiger partial charge in [-0.15, -0.1) is 0 Å². The molecule has 0 atom stereocenters. The van der Waals surface area contributed by atoms with E-state index in [9.17, 15) is 26.0 Å². The number of anilines is 2. The number of benzene rings is 3. The Kier molecular flexibility index (Phi) is 8.57. The number of amides is 1. The number of halogens is 1. The number of carbonyl (C=O) groups excluding carboxylic acids is 1. The molecule has 1 aliphatic rings. The normalized spacial score (nSPS) is 14.5. The predicted octanol–water partition coefficient (Wildman–Crippen LogP) is 4.15. The quantitative estimate of drug-likeness (QED) is 0.410. The van der Waals surface area contributed by atoms with Crippen LogP contribution in [0.2, 0.25) is 0 Å². The van der Waals surface area contributed by atoms with Gasteiger partial charge in [0, 0.05) is 18.8 Å². The van der Waals surface area contributed by atoms with Gasteiger partial charge in [-0.1, -0.05) is 24.1 Å². The van der Waals surface area contributed by atoms with Crippen LogP contribution in [0.25, 0.3) is 0 Å². The van der Waals surface area contributed by atoms with Gasteiger partial charge in [-0.3, -0.25) is 9.10 Å². The number of rotatable bonds is 9. The summed E-state index contributed by atoms with van der Waals surface area (Å²) >= 11 is 0. The van der Waals surface area contributed by atoms with Gasteiger partial charge in [-0.2, -0.15) is 4.31 Å². The Morgan fingerprint density at radius 1 is 0.949 bits per heavy atom. The van der Waals surface area contributed by atoms with E-state index in [0.29, 0.717) is 13.1 Å². The van der Waals surface area contributed by atoms with Crippen molar-refractivity contribution in [3.63, 3.8) is 0 Å². The van der Waals surface area contributed by atoms with Gasteiger partial charge in [0.05, 0.1) is 17.7 Å². The van der Waals surface area contributed by atoms with Crippen LogP contribution in [0.3, 0.4) is 0 Å². The van der Waals surface area contributed by atoms with Crippen molar-refractivity contribution in [1.82, 2.24) is 4.31 Å². The van der Waals surface area contributed by atoms with Gasteiger partial charge in [0.15, 0.2) is 0 Å². The SMILES string of the molecule is COc1ccc(NC(=O)CN(c2ccc(C)cc2)S(=O)(=O)c2ccc(F)cc2)cc1S(=O)(=O)N1CCCCC1. The molecule has 0 spiro atoms. The predicted molar refractivity (Wildman–Crippen MR) is 146 cm³/mol. The summed E-state index contributed by atoms with van der Waals surface area (Å²) in [5.74, 6) is -1.16. The number of hydrogen-bond donors (Lipinski definition) is 1. The monoisotopic (exact) mass is 575 g/mol. The Hall–Kier alpha value is -3.48. The number of hydrogen-bond acceptors (Lipinski definition) is 6. The lowest BCUT2D eigenvalue weighted by Gasteiger charge is -2.27. The first-order valence-corrected chi connectivity index (χ1v) is 15.2. The first-order chi connectivity index (χ1) is 18.5. The molecule has 0 aliphatic carbocycles. The number of carbonyl (C=O) groups is 1. The molecular weight excluding hydrogens is 545 g/mol. The maximum absolute atomic E-state index is 13.5. The minimum atomic E-state index is -4.24. The van der Waals surface area contributed by atoms with Gasteiger partial charge in [0.1, 0.15) is 23.0 Å². The third kappa shape index (κ3) is 6.40. The molecule has 1 N–H and O–H groups in total. The molecular formula is C27H30FN3O6S2. The van der Waals surface area contributed by atoms with E-state index in [4.69, 9.17) is 4.74 Å². The summed E-state index contributed by atoms with van der Waals surface area (Å²) in [6.07, 6.45) is 2.47. The highest BCUT2D eigenvalue weighted by molar-refractivity contribution is 7.92. The van der Waals surface area contributed by atoms with Gasteiger partial charge in [-0.05, 0) is 74.4 Å². The third-order valence-corrected chi connectivity index (χ3v) is 10.1. The number of nitrogens with zero attached hydrogens (tertiary/aromatic N) is 2. The van der Waals surface area contributed by atoms with Crippen LogP contribution in [0.15, 0.2) is 76.5 Å². The summed E-state index contributed by atoms with van der Waals surface area (Å²) in [7, 11) is -6.76. The van der Waals surface area contributed by atoms with Crippen molar-refractivity contribution >= 4 is 37.3 Å². The molecule has 4 rings (SSSR count). The van der Waals surface area contributed by atoms with Crippen molar-refractivity contribution in [3.8, 4) is 5.75 Å². The maximum atomic E-state index is 13.5. The van der Waals surface area contributed by atoms with Crippen molar-refractivity contribution in [2.45, 2.75) is 36.0 Å². The average molecular weight is 576 g/mol. The summed E-state index contributed by atoms with van der Waals surface area (Å²) < 4.78 is 74.7. The minimum absolute atomic E-state index is 0.0842. The molecule has 0 bridgehead atoms. The standard InChI is InChI=1S/C27H30FN3O6S2/c1-20-6-11-23(12-7-20)31(38(33,34)24-13-8-21(28)9-14-24)19-27(32)29-22-10-15-25(37-2)26(18-22)39(35,36)30-16-4-3-5-17-30/h6-15,18H,3-5,16-17,19H2,1-2H3,(H,29,32). The van der Waals surface area contributed by atoms with Crippen LogP contribution in [0.5, 0.6) is 5.75 Å². The van der Waals surface area contributed by atoms with Crippen LogP contribution in [0, 0.1) is 12.7 Å². The van der Waals surface area contributed by atoms with E-state index in [1.807, 2.05) is 6.92 Å². The van der Waals surface area contributed by atoms with Crippen molar-refractivity contribution < 1.29 is 30.8 Å². The van der Waals surface area contributed by atoms with Gasteiger partial charge >= 0.3 is 0 Å². The van der Waals surface area contributed by atoms with E-state index in [1.165, 1.54) is 29.6 Å². The largest absolute Gasteiger partial charge is 0.495 e. The second kappa shape index (κ2) is 11.7. The van der Waals surface area contributed by atoms with Crippen molar-refractivity contribution in [3.05, 3.63) is 78.1 Å². The first-order valence-electron chi connectivity index (χ1n) is 12.4. The summed E-state index contributed by atoms with van der Waals surface area (Å²) in [4.78, 5) is 12.9. The lowest BCUT2D eigenvalue weighted by Crippen LogP contribution is -2.38. The zero-order chi connectivity index (χ0) is 28.2. The lowest BCUT2D eigenvalue weighted by atomic mass is 10.2. The summed E-state index contributed by atoms with van der Waals surface area (Å²) in [6, 6.07) is 15.1. The Morgan fingerprint density at radius 3 is 2.21 bits per heavy atom. The third-order valence-electron chi connectivity index (χ3n) is 6.39. The molecule has 39 heavy (non-hydrogen) atoms. The molecule has 208 valence electrons. The Morgan fingerprint density at radius 2 is 1.59 bits per heavy atom. The molecule has 0 saturated carbocycles. The fourth-order valence-electron chi connectivity index (χ4n) is 4.29. The van der Waals surface area contributed by atoms with E-state index >= 15 is 0 Å². The molecule has 0 aromatic heterocycles. The highest BCUT2D eigenvalue weighted by atomic mass is 32.2. The summed E-state index contributed by atoms with van der Waals surface area (Å²) in [6.45, 7) is 2.03. The zero-order valence-corrected chi connectivity index (χ0v) is 23.3. The number of ether oxygens (including phenoxy) is 1. The van der Waals surface area contributed by atoms with Gasteiger partial charge < -0.3 is 10.1 Å². The molecule has 12 heteroatoms. The van der Waals surface area contributed by atoms with Crippen LogP contribution in [-0.4, -0.2) is 53.8 Å².